The summed E-state index contributed by atoms with van der Waals surface area (Å²) in [6.45, 7) is 2.52. The average molecular weight is 738 g/mol. The third kappa shape index (κ3) is 5.19. The predicted molar refractivity (Wildman–Crippen MR) is 237 cm³/mol. The summed E-state index contributed by atoms with van der Waals surface area (Å²) in [6, 6.07) is 81.0. The number of hydrogen-bond acceptors (Lipinski definition) is 1. The quantitative estimate of drug-likeness (QED) is 0.123. The lowest BCUT2D eigenvalue weighted by atomic mass is 10.2. The minimum Gasteiger partial charge on any atom is -0.278 e. The van der Waals surface area contributed by atoms with Crippen LogP contribution in [0.15, 0.2) is 218 Å². The van der Waals surface area contributed by atoms with Crippen molar-refractivity contribution in [2.45, 2.75) is 6.55 Å². The summed E-state index contributed by atoms with van der Waals surface area (Å²) < 4.78 is 4.65. The Hall–Kier alpha value is -6.54. The lowest BCUT2D eigenvalue weighted by Crippen LogP contribution is -2.75. The molecule has 0 bridgehead atoms. The fraction of sp³-hybridized carbons (Fsp3) is 0.0200. The second-order valence-electron chi connectivity index (χ2n) is 14.5. The Balaban J connectivity index is 1.27. The summed E-state index contributed by atoms with van der Waals surface area (Å²) >= 11 is 0. The molecule has 0 saturated carbocycles. The molecule has 0 aliphatic heterocycles. The van der Waals surface area contributed by atoms with Gasteiger partial charge in [-0.2, -0.15) is 0 Å². The van der Waals surface area contributed by atoms with Crippen molar-refractivity contribution in [3.63, 3.8) is 0 Å². The molecule has 10 aromatic rings. The van der Waals surface area contributed by atoms with E-state index < -0.39 is 16.1 Å². The van der Waals surface area contributed by atoms with E-state index in [4.69, 9.17) is 4.98 Å². The van der Waals surface area contributed by atoms with Crippen LogP contribution in [-0.4, -0.2) is 30.1 Å². The van der Waals surface area contributed by atoms with Gasteiger partial charge in [-0.15, -0.1) is 0 Å². The van der Waals surface area contributed by atoms with Crippen LogP contribution in [0.4, 0.5) is 0 Å². The van der Waals surface area contributed by atoms with E-state index >= 15 is 0 Å². The van der Waals surface area contributed by atoms with Gasteiger partial charge in [0.1, 0.15) is 8.07 Å². The van der Waals surface area contributed by atoms with Gasteiger partial charge < -0.3 is 0 Å². The molecule has 0 unspecified atom stereocenters. The van der Waals surface area contributed by atoms with Crippen LogP contribution < -0.4 is 36.3 Å². The summed E-state index contributed by atoms with van der Waals surface area (Å²) in [4.78, 5) is 5.23. The maximum absolute atomic E-state index is 5.23. The van der Waals surface area contributed by atoms with Gasteiger partial charge in [0.05, 0.1) is 22.1 Å². The maximum atomic E-state index is 5.23. The molecule has 0 N–H and O–H groups in total. The molecule has 0 aliphatic rings. The van der Waals surface area contributed by atoms with Crippen molar-refractivity contribution in [3.8, 4) is 5.69 Å². The van der Waals surface area contributed by atoms with E-state index in [1.54, 1.807) is 0 Å². The van der Waals surface area contributed by atoms with E-state index in [0.29, 0.717) is 0 Å². The monoisotopic (exact) mass is 737 g/mol. The number of nitrogens with zero attached hydrogens (tertiary/aromatic N) is 3. The van der Waals surface area contributed by atoms with Gasteiger partial charge in [0.15, 0.2) is 8.07 Å². The Labute approximate surface area is 323 Å². The van der Waals surface area contributed by atoms with Crippen molar-refractivity contribution in [1.29, 1.82) is 0 Å². The molecule has 2 heterocycles. The van der Waals surface area contributed by atoms with Crippen LogP contribution in [0.5, 0.6) is 0 Å². The first-order valence-electron chi connectivity index (χ1n) is 19.0. The van der Waals surface area contributed by atoms with Crippen molar-refractivity contribution in [1.82, 2.24) is 14.0 Å². The van der Waals surface area contributed by atoms with Gasteiger partial charge in [0.2, 0.25) is 5.78 Å². The van der Waals surface area contributed by atoms with Gasteiger partial charge in [-0.3, -0.25) is 8.97 Å². The highest BCUT2D eigenvalue weighted by Gasteiger charge is 2.43. The Kier molecular flexibility index (Phi) is 8.05. The third-order valence-corrected chi connectivity index (χ3v) is 20.8. The van der Waals surface area contributed by atoms with Crippen LogP contribution in [0.1, 0.15) is 0 Å². The molecule has 262 valence electrons. The second-order valence-corrected chi connectivity index (χ2v) is 22.3. The van der Waals surface area contributed by atoms with Crippen molar-refractivity contribution in [2.24, 2.45) is 0 Å². The summed E-state index contributed by atoms with van der Waals surface area (Å²) in [5.41, 5.74) is 5.49. The number of imidazole rings is 2. The van der Waals surface area contributed by atoms with Gasteiger partial charge in [0, 0.05) is 5.69 Å². The van der Waals surface area contributed by atoms with Gasteiger partial charge in [-0.25, -0.2) is 4.98 Å². The standard InChI is InChI=1S/C50H39N3Si2/c1-54(39-21-6-2-7-22-39,40-23-8-3-9-24-40)43-29-19-31-45(37-43)55(41-25-10-4-11-26-41,42-27-12-5-13-28-42)44-30-18-20-38(36-44)52-48-34-16-17-35-49(48)53-47-33-15-14-32-46(47)51-50(52)53/h2-37H,1H3. The molecular formula is C50H39N3Si2. The highest BCUT2D eigenvalue weighted by Crippen LogP contribution is 2.29. The summed E-state index contributed by atoms with van der Waals surface area (Å²) in [7, 11) is -5.36. The highest BCUT2D eigenvalue weighted by molar-refractivity contribution is 7.20. The normalized spacial score (nSPS) is 12.1. The zero-order valence-corrected chi connectivity index (χ0v) is 32.6. The van der Waals surface area contributed by atoms with Crippen LogP contribution in [-0.2, 0) is 0 Å². The van der Waals surface area contributed by atoms with E-state index in [1.165, 1.54) is 36.3 Å². The second kappa shape index (κ2) is 13.4. The number of benzene rings is 8. The molecule has 2 aromatic heterocycles. The molecular weight excluding hydrogens is 699 g/mol. The molecule has 3 nitrogen and oxygen atoms in total. The maximum Gasteiger partial charge on any atom is 0.220 e. The zero-order valence-electron chi connectivity index (χ0n) is 30.6. The first kappa shape index (κ1) is 33.1. The minimum atomic E-state index is -2.94. The average Bonchev–Trinajstić information content (AvgIpc) is 3.80. The highest BCUT2D eigenvalue weighted by atomic mass is 28.3. The Bertz CT molecular complexity index is 2860. The van der Waals surface area contributed by atoms with Crippen LogP contribution >= 0.6 is 0 Å². The topological polar surface area (TPSA) is 22.2 Å². The molecule has 0 radical (unpaired) electrons. The zero-order chi connectivity index (χ0) is 36.8. The van der Waals surface area contributed by atoms with Gasteiger partial charge in [0.25, 0.3) is 0 Å². The van der Waals surface area contributed by atoms with Crippen molar-refractivity contribution in [3.05, 3.63) is 218 Å². The molecule has 5 heteroatoms. The SMILES string of the molecule is C[Si](c1ccccc1)(c1ccccc1)c1cccc([Si](c2ccccc2)(c2ccccc2)c2cccc(-n3c4ccccc4n4c5ccccc5nc34)c2)c1. The molecule has 8 aromatic carbocycles. The summed E-state index contributed by atoms with van der Waals surface area (Å²) in [5.74, 6) is 0.917. The lowest BCUT2D eigenvalue weighted by molar-refractivity contribution is 1.11. The van der Waals surface area contributed by atoms with Gasteiger partial charge >= 0.3 is 0 Å². The fourth-order valence-electron chi connectivity index (χ4n) is 8.97. The van der Waals surface area contributed by atoms with E-state index in [9.17, 15) is 0 Å². The Morgan fingerprint density at radius 1 is 0.364 bits per heavy atom. The molecule has 0 fully saturated rings. The van der Waals surface area contributed by atoms with Crippen molar-refractivity contribution < 1.29 is 0 Å². The number of fused-ring (bicyclic) bond motifs is 5. The summed E-state index contributed by atoms with van der Waals surface area (Å²) in [6.07, 6.45) is 0. The van der Waals surface area contributed by atoms with E-state index in [2.05, 4.69) is 234 Å². The van der Waals surface area contributed by atoms with Gasteiger partial charge in [-0.05, 0) is 72.7 Å². The molecule has 0 aliphatic carbocycles. The largest absolute Gasteiger partial charge is 0.278 e. The van der Waals surface area contributed by atoms with Crippen molar-refractivity contribution in [2.75, 3.05) is 0 Å². The molecule has 55 heavy (non-hydrogen) atoms. The Morgan fingerprint density at radius 3 is 1.40 bits per heavy atom. The number of rotatable bonds is 8. The minimum absolute atomic E-state index is 0.917. The first-order valence-corrected chi connectivity index (χ1v) is 23.5. The smallest absolute Gasteiger partial charge is 0.220 e. The number of aromatic nitrogens is 3. The number of para-hydroxylation sites is 4. The predicted octanol–water partition coefficient (Wildman–Crippen LogP) is 6.91. The lowest BCUT2D eigenvalue weighted by Gasteiger charge is -2.36. The summed E-state index contributed by atoms with van der Waals surface area (Å²) in [5, 5.41) is 9.63. The molecule has 0 atom stereocenters. The third-order valence-electron chi connectivity index (χ3n) is 11.6. The molecule has 0 saturated heterocycles. The van der Waals surface area contributed by atoms with Crippen LogP contribution in [0.2, 0.25) is 6.55 Å². The number of hydrogen-bond donors (Lipinski definition) is 0. The van der Waals surface area contributed by atoms with Crippen molar-refractivity contribution >= 4 is 80.3 Å². The molecule has 10 rings (SSSR count). The fourth-order valence-corrected chi connectivity index (χ4v) is 17.5. The van der Waals surface area contributed by atoms with E-state index in [1.807, 2.05) is 0 Å². The Morgan fingerprint density at radius 2 is 0.800 bits per heavy atom. The van der Waals surface area contributed by atoms with Crippen LogP contribution in [0, 0.1) is 0 Å². The van der Waals surface area contributed by atoms with Gasteiger partial charge in [-0.1, -0.05) is 189 Å². The molecule has 0 amide bonds. The first-order chi connectivity index (χ1) is 27.2. The molecule has 0 spiro atoms. The van der Waals surface area contributed by atoms with Crippen LogP contribution in [0.25, 0.3) is 33.5 Å². The van der Waals surface area contributed by atoms with E-state index in [0.717, 1.165) is 33.5 Å². The van der Waals surface area contributed by atoms with E-state index in [-0.39, 0.29) is 0 Å². The van der Waals surface area contributed by atoms with Crippen LogP contribution in [0.3, 0.4) is 0 Å².